The zero-order valence-electron chi connectivity index (χ0n) is 16.2. The summed E-state index contributed by atoms with van der Waals surface area (Å²) >= 11 is 0. The number of carbonyl (C=O) groups excluding carboxylic acids is 2. The van der Waals surface area contributed by atoms with E-state index in [4.69, 9.17) is 0 Å². The Hall–Kier alpha value is -3.54. The number of aromatic nitrogens is 2. The van der Waals surface area contributed by atoms with Crippen molar-refractivity contribution in [3.05, 3.63) is 77.7 Å². The van der Waals surface area contributed by atoms with E-state index in [1.54, 1.807) is 25.3 Å². The van der Waals surface area contributed by atoms with Gasteiger partial charge in [-0.25, -0.2) is 9.97 Å². The fraction of sp³-hybridized carbons (Fsp3) is 0.217. The Morgan fingerprint density at radius 3 is 2.45 bits per heavy atom. The van der Waals surface area contributed by atoms with Gasteiger partial charge in [0.2, 0.25) is 5.91 Å². The second-order valence-corrected chi connectivity index (χ2v) is 7.22. The molecule has 1 fully saturated rings. The van der Waals surface area contributed by atoms with Crippen LogP contribution >= 0.6 is 0 Å². The van der Waals surface area contributed by atoms with Crippen molar-refractivity contribution in [1.82, 2.24) is 15.3 Å². The summed E-state index contributed by atoms with van der Waals surface area (Å²) in [5, 5.41) is 5.87. The van der Waals surface area contributed by atoms with Crippen molar-refractivity contribution < 1.29 is 9.59 Å². The van der Waals surface area contributed by atoms with Gasteiger partial charge in [-0.1, -0.05) is 42.5 Å². The van der Waals surface area contributed by atoms with Crippen molar-refractivity contribution in [3.63, 3.8) is 0 Å². The van der Waals surface area contributed by atoms with Gasteiger partial charge in [0.05, 0.1) is 17.7 Å². The minimum atomic E-state index is -0.275. The molecule has 6 heteroatoms. The summed E-state index contributed by atoms with van der Waals surface area (Å²) in [5.74, 6) is 0.367. The van der Waals surface area contributed by atoms with Crippen molar-refractivity contribution in [3.8, 4) is 11.3 Å². The largest absolute Gasteiger partial charge is 0.353 e. The molecule has 0 bridgehead atoms. The molecule has 1 aliphatic carbocycles. The molecule has 1 aliphatic rings. The fourth-order valence-corrected chi connectivity index (χ4v) is 3.05. The Labute approximate surface area is 169 Å². The molecule has 29 heavy (non-hydrogen) atoms. The van der Waals surface area contributed by atoms with Gasteiger partial charge in [-0.05, 0) is 37.5 Å². The maximum absolute atomic E-state index is 12.9. The van der Waals surface area contributed by atoms with Gasteiger partial charge in [0, 0.05) is 23.5 Å². The minimum Gasteiger partial charge on any atom is -0.353 e. The first-order chi connectivity index (χ1) is 14.1. The highest BCUT2D eigenvalue weighted by atomic mass is 16.2. The average Bonchev–Trinajstić information content (AvgIpc) is 3.54. The van der Waals surface area contributed by atoms with Crippen LogP contribution in [0.5, 0.6) is 0 Å². The second-order valence-electron chi connectivity index (χ2n) is 7.22. The van der Waals surface area contributed by atoms with Crippen molar-refractivity contribution in [2.75, 3.05) is 5.32 Å². The smallest absolute Gasteiger partial charge is 0.259 e. The summed E-state index contributed by atoms with van der Waals surface area (Å²) in [5.41, 5.74) is 3.43. The first-order valence-electron chi connectivity index (χ1n) is 9.67. The van der Waals surface area contributed by atoms with Crippen LogP contribution in [0.4, 0.5) is 5.69 Å². The molecule has 0 aliphatic heterocycles. The summed E-state index contributed by atoms with van der Waals surface area (Å²) < 4.78 is 0. The Bertz CT molecular complexity index is 1030. The highest BCUT2D eigenvalue weighted by molar-refractivity contribution is 6.07. The number of carbonyl (C=O) groups is 2. The van der Waals surface area contributed by atoms with E-state index in [9.17, 15) is 9.59 Å². The maximum Gasteiger partial charge on any atom is 0.259 e. The monoisotopic (exact) mass is 386 g/mol. The van der Waals surface area contributed by atoms with E-state index in [0.29, 0.717) is 35.2 Å². The molecule has 2 N–H and O–H groups in total. The molecule has 0 unspecified atom stereocenters. The lowest BCUT2D eigenvalue weighted by molar-refractivity contribution is -0.120. The van der Waals surface area contributed by atoms with Gasteiger partial charge in [0.1, 0.15) is 5.82 Å². The molecule has 2 aromatic carbocycles. The number of hydrogen-bond donors (Lipinski definition) is 2. The van der Waals surface area contributed by atoms with Crippen LogP contribution in [0.2, 0.25) is 0 Å². The van der Waals surface area contributed by atoms with E-state index in [1.165, 1.54) is 0 Å². The highest BCUT2D eigenvalue weighted by Gasteiger charge is 2.23. The normalized spacial score (nSPS) is 13.0. The lowest BCUT2D eigenvalue weighted by Gasteiger charge is -2.11. The molecule has 0 spiro atoms. The number of anilines is 1. The number of rotatable bonds is 6. The third-order valence-corrected chi connectivity index (χ3v) is 4.72. The Morgan fingerprint density at radius 2 is 1.76 bits per heavy atom. The molecular formula is C23H22N4O2. The molecule has 4 rings (SSSR count). The van der Waals surface area contributed by atoms with Crippen molar-refractivity contribution in [2.45, 2.75) is 32.2 Å². The molecule has 0 atom stereocenters. The van der Waals surface area contributed by atoms with E-state index < -0.39 is 0 Å². The third kappa shape index (κ3) is 4.85. The Morgan fingerprint density at radius 1 is 1.03 bits per heavy atom. The standard InChI is InChI=1S/C23H22N4O2/c1-15-24-14-20(22(25-15)17-5-3-2-4-6-17)23(29)27-19-9-7-16(8-10-19)13-21(28)26-18-11-12-18/h2-10,14,18H,11-13H2,1H3,(H,26,28)(H,27,29). The second kappa shape index (κ2) is 8.22. The van der Waals surface area contributed by atoms with E-state index in [-0.39, 0.29) is 11.8 Å². The topological polar surface area (TPSA) is 84.0 Å². The van der Waals surface area contributed by atoms with Gasteiger partial charge in [-0.2, -0.15) is 0 Å². The molecule has 6 nitrogen and oxygen atoms in total. The highest BCUT2D eigenvalue weighted by Crippen LogP contribution is 2.22. The van der Waals surface area contributed by atoms with Crippen LogP contribution in [-0.4, -0.2) is 27.8 Å². The van der Waals surface area contributed by atoms with Crippen molar-refractivity contribution in [1.29, 1.82) is 0 Å². The lowest BCUT2D eigenvalue weighted by atomic mass is 10.1. The SMILES string of the molecule is Cc1ncc(C(=O)Nc2ccc(CC(=O)NC3CC3)cc2)c(-c2ccccc2)n1. The minimum absolute atomic E-state index is 0.0357. The third-order valence-electron chi connectivity index (χ3n) is 4.72. The predicted octanol–water partition coefficient (Wildman–Crippen LogP) is 3.53. The van der Waals surface area contributed by atoms with Crippen LogP contribution in [0.15, 0.2) is 60.8 Å². The Balaban J connectivity index is 1.47. The number of nitrogens with zero attached hydrogens (tertiary/aromatic N) is 2. The molecule has 1 heterocycles. The van der Waals surface area contributed by atoms with Gasteiger partial charge in [0.25, 0.3) is 5.91 Å². The number of aryl methyl sites for hydroxylation is 1. The van der Waals surface area contributed by atoms with E-state index >= 15 is 0 Å². The zero-order valence-corrected chi connectivity index (χ0v) is 16.2. The number of amides is 2. The van der Waals surface area contributed by atoms with Crippen molar-refractivity contribution in [2.24, 2.45) is 0 Å². The van der Waals surface area contributed by atoms with Gasteiger partial charge >= 0.3 is 0 Å². The van der Waals surface area contributed by atoms with Gasteiger partial charge in [0.15, 0.2) is 0 Å². The van der Waals surface area contributed by atoms with Gasteiger partial charge in [-0.15, -0.1) is 0 Å². The summed E-state index contributed by atoms with van der Waals surface area (Å²) in [7, 11) is 0. The molecule has 0 radical (unpaired) electrons. The summed E-state index contributed by atoms with van der Waals surface area (Å²) in [6.07, 6.45) is 4.04. The maximum atomic E-state index is 12.9. The van der Waals surface area contributed by atoms with E-state index in [0.717, 1.165) is 24.0 Å². The molecule has 1 aromatic heterocycles. The summed E-state index contributed by atoms with van der Waals surface area (Å²) in [6, 6.07) is 17.2. The number of benzene rings is 2. The molecule has 3 aromatic rings. The molecule has 1 saturated carbocycles. The van der Waals surface area contributed by atoms with Crippen LogP contribution in [0.1, 0.15) is 34.6 Å². The van der Waals surface area contributed by atoms with Gasteiger partial charge < -0.3 is 10.6 Å². The Kier molecular flexibility index (Phi) is 5.33. The van der Waals surface area contributed by atoms with E-state index in [1.807, 2.05) is 42.5 Å². The predicted molar refractivity (Wildman–Crippen MR) is 111 cm³/mol. The number of hydrogen-bond acceptors (Lipinski definition) is 4. The van der Waals surface area contributed by atoms with Crippen LogP contribution in [0, 0.1) is 6.92 Å². The van der Waals surface area contributed by atoms with Crippen LogP contribution in [-0.2, 0) is 11.2 Å². The molecule has 0 saturated heterocycles. The summed E-state index contributed by atoms with van der Waals surface area (Å²) in [6.45, 7) is 1.80. The zero-order chi connectivity index (χ0) is 20.2. The van der Waals surface area contributed by atoms with Crippen LogP contribution in [0.25, 0.3) is 11.3 Å². The summed E-state index contributed by atoms with van der Waals surface area (Å²) in [4.78, 5) is 33.4. The quantitative estimate of drug-likeness (QED) is 0.679. The molecule has 146 valence electrons. The van der Waals surface area contributed by atoms with Crippen molar-refractivity contribution >= 4 is 17.5 Å². The first-order valence-corrected chi connectivity index (χ1v) is 9.67. The van der Waals surface area contributed by atoms with Gasteiger partial charge in [-0.3, -0.25) is 9.59 Å². The van der Waals surface area contributed by atoms with Crippen LogP contribution in [0.3, 0.4) is 0 Å². The van der Waals surface area contributed by atoms with Crippen LogP contribution < -0.4 is 10.6 Å². The molecular weight excluding hydrogens is 364 g/mol. The first kappa shape index (κ1) is 18.8. The molecule has 2 amide bonds. The lowest BCUT2D eigenvalue weighted by Crippen LogP contribution is -2.26. The average molecular weight is 386 g/mol. The number of nitrogens with one attached hydrogen (secondary N) is 2. The van der Waals surface area contributed by atoms with E-state index in [2.05, 4.69) is 20.6 Å². The fourth-order valence-electron chi connectivity index (χ4n) is 3.05.